The normalized spacial score (nSPS) is 31.0. The van der Waals surface area contributed by atoms with Crippen LogP contribution in [0.15, 0.2) is 0 Å². The van der Waals surface area contributed by atoms with Crippen molar-refractivity contribution >= 4 is 0 Å². The Balaban J connectivity index is 2.65. The van der Waals surface area contributed by atoms with Gasteiger partial charge in [-0.05, 0) is 26.8 Å². The third-order valence-corrected chi connectivity index (χ3v) is 2.68. The lowest BCUT2D eigenvalue weighted by Crippen LogP contribution is -2.54. The zero-order valence-corrected chi connectivity index (χ0v) is 9.39. The monoisotopic (exact) mass is 196 g/mol. The molecule has 0 saturated carbocycles. The standard InChI is InChI=1S/C11H20N2O/c1-4-6-13-11(9-12)5-7-14-10(2,3)8-11/h13H,4-8H2,1-3H3. The zero-order valence-electron chi connectivity index (χ0n) is 9.39. The third kappa shape index (κ3) is 2.70. The predicted octanol–water partition coefficient (Wildman–Crippen LogP) is 1.84. The summed E-state index contributed by atoms with van der Waals surface area (Å²) < 4.78 is 5.61. The Morgan fingerprint density at radius 3 is 2.71 bits per heavy atom. The van der Waals surface area contributed by atoms with Gasteiger partial charge in [0.25, 0.3) is 0 Å². The highest BCUT2D eigenvalue weighted by atomic mass is 16.5. The van der Waals surface area contributed by atoms with Gasteiger partial charge in [-0.2, -0.15) is 5.26 Å². The quantitative estimate of drug-likeness (QED) is 0.749. The van der Waals surface area contributed by atoms with Gasteiger partial charge in [-0.1, -0.05) is 6.92 Å². The molecular weight excluding hydrogens is 176 g/mol. The van der Waals surface area contributed by atoms with E-state index in [1.54, 1.807) is 0 Å². The Morgan fingerprint density at radius 2 is 2.21 bits per heavy atom. The van der Waals surface area contributed by atoms with E-state index < -0.39 is 0 Å². The maximum Gasteiger partial charge on any atom is 0.111 e. The van der Waals surface area contributed by atoms with Crippen LogP contribution in [0.25, 0.3) is 0 Å². The summed E-state index contributed by atoms with van der Waals surface area (Å²) in [5, 5.41) is 12.6. The molecule has 0 amide bonds. The second-order valence-electron chi connectivity index (χ2n) is 4.66. The lowest BCUT2D eigenvalue weighted by Gasteiger charge is -2.41. The Hall–Kier alpha value is -0.590. The van der Waals surface area contributed by atoms with Gasteiger partial charge in [0.05, 0.1) is 18.3 Å². The van der Waals surface area contributed by atoms with Gasteiger partial charge in [0.15, 0.2) is 0 Å². The smallest absolute Gasteiger partial charge is 0.111 e. The minimum atomic E-state index is -0.363. The summed E-state index contributed by atoms with van der Waals surface area (Å²) in [5.74, 6) is 0. The SMILES string of the molecule is CCCNC1(C#N)CCOC(C)(C)C1. The number of rotatable bonds is 3. The lowest BCUT2D eigenvalue weighted by atomic mass is 9.82. The van der Waals surface area contributed by atoms with Gasteiger partial charge in [0.2, 0.25) is 0 Å². The van der Waals surface area contributed by atoms with Gasteiger partial charge in [-0.25, -0.2) is 0 Å². The van der Waals surface area contributed by atoms with Crippen molar-refractivity contribution in [2.75, 3.05) is 13.2 Å². The van der Waals surface area contributed by atoms with Crippen LogP contribution < -0.4 is 5.32 Å². The molecule has 80 valence electrons. The third-order valence-electron chi connectivity index (χ3n) is 2.68. The van der Waals surface area contributed by atoms with E-state index in [1.807, 2.05) is 13.8 Å². The first kappa shape index (κ1) is 11.5. The first-order valence-electron chi connectivity index (χ1n) is 5.34. The fourth-order valence-electron chi connectivity index (χ4n) is 2.02. The minimum absolute atomic E-state index is 0.172. The van der Waals surface area contributed by atoms with Crippen molar-refractivity contribution < 1.29 is 4.74 Å². The van der Waals surface area contributed by atoms with E-state index in [1.165, 1.54) is 0 Å². The molecule has 1 aliphatic heterocycles. The largest absolute Gasteiger partial charge is 0.375 e. The number of hydrogen-bond acceptors (Lipinski definition) is 3. The van der Waals surface area contributed by atoms with E-state index in [-0.39, 0.29) is 11.1 Å². The maximum absolute atomic E-state index is 9.23. The second kappa shape index (κ2) is 4.29. The number of ether oxygens (including phenoxy) is 1. The molecule has 0 aliphatic carbocycles. The van der Waals surface area contributed by atoms with Crippen molar-refractivity contribution in [2.24, 2.45) is 0 Å². The van der Waals surface area contributed by atoms with Gasteiger partial charge in [-0.15, -0.1) is 0 Å². The van der Waals surface area contributed by atoms with E-state index >= 15 is 0 Å². The molecular formula is C11H20N2O. The van der Waals surface area contributed by atoms with Crippen molar-refractivity contribution in [1.29, 1.82) is 5.26 Å². The van der Waals surface area contributed by atoms with Crippen LogP contribution in [0.1, 0.15) is 40.0 Å². The van der Waals surface area contributed by atoms with Crippen LogP contribution in [0.5, 0.6) is 0 Å². The molecule has 0 bridgehead atoms. The van der Waals surface area contributed by atoms with Gasteiger partial charge in [0.1, 0.15) is 5.54 Å². The van der Waals surface area contributed by atoms with Crippen molar-refractivity contribution in [3.63, 3.8) is 0 Å². The lowest BCUT2D eigenvalue weighted by molar-refractivity contribution is -0.0759. The highest BCUT2D eigenvalue weighted by molar-refractivity contribution is 5.11. The minimum Gasteiger partial charge on any atom is -0.375 e. The summed E-state index contributed by atoms with van der Waals surface area (Å²) in [6.07, 6.45) is 2.63. The number of hydrogen-bond donors (Lipinski definition) is 1. The molecule has 0 aromatic heterocycles. The van der Waals surface area contributed by atoms with Crippen molar-refractivity contribution in [2.45, 2.75) is 51.2 Å². The molecule has 1 saturated heterocycles. The van der Waals surface area contributed by atoms with Crippen LogP contribution in [-0.2, 0) is 4.74 Å². The number of nitrogens with zero attached hydrogens (tertiary/aromatic N) is 1. The van der Waals surface area contributed by atoms with Gasteiger partial charge in [-0.3, -0.25) is 5.32 Å². The highest BCUT2D eigenvalue weighted by Crippen LogP contribution is 2.31. The topological polar surface area (TPSA) is 45.0 Å². The fourth-order valence-corrected chi connectivity index (χ4v) is 2.02. The second-order valence-corrected chi connectivity index (χ2v) is 4.66. The van der Waals surface area contributed by atoms with E-state index in [2.05, 4.69) is 18.3 Å². The van der Waals surface area contributed by atoms with E-state index in [0.717, 1.165) is 25.8 Å². The van der Waals surface area contributed by atoms with Crippen LogP contribution in [0.3, 0.4) is 0 Å². The molecule has 1 unspecified atom stereocenters. The van der Waals surface area contributed by atoms with E-state index in [9.17, 15) is 5.26 Å². The van der Waals surface area contributed by atoms with Crippen LogP contribution in [0.2, 0.25) is 0 Å². The number of nitriles is 1. The molecule has 0 radical (unpaired) electrons. The molecule has 3 nitrogen and oxygen atoms in total. The Bertz CT molecular complexity index is 232. The van der Waals surface area contributed by atoms with Crippen LogP contribution in [-0.4, -0.2) is 24.3 Å². The molecule has 1 fully saturated rings. The fraction of sp³-hybridized carbons (Fsp3) is 0.909. The molecule has 3 heteroatoms. The van der Waals surface area contributed by atoms with Crippen LogP contribution in [0.4, 0.5) is 0 Å². The van der Waals surface area contributed by atoms with Gasteiger partial charge >= 0.3 is 0 Å². The molecule has 1 heterocycles. The molecule has 0 spiro atoms. The summed E-state index contributed by atoms with van der Waals surface area (Å²) >= 11 is 0. The van der Waals surface area contributed by atoms with Crippen LogP contribution in [0, 0.1) is 11.3 Å². The summed E-state index contributed by atoms with van der Waals surface area (Å²) in [5.41, 5.74) is -0.535. The molecule has 14 heavy (non-hydrogen) atoms. The van der Waals surface area contributed by atoms with Gasteiger partial charge < -0.3 is 4.74 Å². The molecule has 1 atom stereocenters. The predicted molar refractivity (Wildman–Crippen MR) is 55.9 cm³/mol. The zero-order chi connectivity index (χ0) is 10.7. The molecule has 1 rings (SSSR count). The van der Waals surface area contributed by atoms with E-state index in [0.29, 0.717) is 6.61 Å². The van der Waals surface area contributed by atoms with Crippen molar-refractivity contribution in [1.82, 2.24) is 5.32 Å². The van der Waals surface area contributed by atoms with Gasteiger partial charge in [0, 0.05) is 12.8 Å². The number of nitrogens with one attached hydrogen (secondary N) is 1. The Morgan fingerprint density at radius 1 is 1.50 bits per heavy atom. The summed E-state index contributed by atoms with van der Waals surface area (Å²) in [6.45, 7) is 7.79. The molecule has 1 aliphatic rings. The summed E-state index contributed by atoms with van der Waals surface area (Å²) in [4.78, 5) is 0. The van der Waals surface area contributed by atoms with Crippen molar-refractivity contribution in [3.05, 3.63) is 0 Å². The molecule has 0 aromatic rings. The Labute approximate surface area is 86.4 Å². The van der Waals surface area contributed by atoms with E-state index in [4.69, 9.17) is 4.74 Å². The van der Waals surface area contributed by atoms with Crippen molar-refractivity contribution in [3.8, 4) is 6.07 Å². The average molecular weight is 196 g/mol. The van der Waals surface area contributed by atoms with Crippen LogP contribution >= 0.6 is 0 Å². The molecule has 0 aromatic carbocycles. The highest BCUT2D eigenvalue weighted by Gasteiger charge is 2.40. The summed E-state index contributed by atoms with van der Waals surface area (Å²) in [7, 11) is 0. The first-order valence-corrected chi connectivity index (χ1v) is 5.34. The average Bonchev–Trinajstić information content (AvgIpc) is 2.13. The molecule has 1 N–H and O–H groups in total. The summed E-state index contributed by atoms with van der Waals surface area (Å²) in [6, 6.07) is 2.42. The first-order chi connectivity index (χ1) is 6.54. The maximum atomic E-state index is 9.23. The Kier molecular flexibility index (Phi) is 3.52.